The lowest BCUT2D eigenvalue weighted by atomic mass is 9.97. The highest BCUT2D eigenvalue weighted by Gasteiger charge is 2.15. The van der Waals surface area contributed by atoms with Crippen LogP contribution in [0.5, 0.6) is 0 Å². The summed E-state index contributed by atoms with van der Waals surface area (Å²) in [6, 6.07) is 0. The molecule has 0 aliphatic heterocycles. The Bertz CT molecular complexity index is 245. The van der Waals surface area contributed by atoms with Gasteiger partial charge in [0.2, 0.25) is 5.91 Å². The van der Waals surface area contributed by atoms with Crippen molar-refractivity contribution in [3.63, 3.8) is 0 Å². The van der Waals surface area contributed by atoms with Crippen LogP contribution in [0.1, 0.15) is 46.0 Å². The maximum absolute atomic E-state index is 11.3. The van der Waals surface area contributed by atoms with E-state index in [1.54, 1.807) is 5.57 Å². The average molecular weight is 209 g/mol. The minimum Gasteiger partial charge on any atom is -0.346 e. The predicted octanol–water partition coefficient (Wildman–Crippen LogP) is 2.99. The summed E-state index contributed by atoms with van der Waals surface area (Å²) in [7, 11) is 1.91. The average Bonchev–Trinajstić information content (AvgIpc) is 2.63. The SMILES string of the molecule is CCC(=O)N(C)CCCC1CCC=C1C. The Hall–Kier alpha value is -0.790. The highest BCUT2D eigenvalue weighted by Crippen LogP contribution is 2.28. The molecule has 0 saturated carbocycles. The highest BCUT2D eigenvalue weighted by atomic mass is 16.2. The Balaban J connectivity index is 2.16. The van der Waals surface area contributed by atoms with Crippen molar-refractivity contribution in [2.75, 3.05) is 13.6 Å². The van der Waals surface area contributed by atoms with E-state index in [1.165, 1.54) is 19.3 Å². The molecule has 0 N–H and O–H groups in total. The van der Waals surface area contributed by atoms with Gasteiger partial charge in [-0.3, -0.25) is 4.79 Å². The molecule has 0 heterocycles. The number of nitrogens with zero attached hydrogens (tertiary/aromatic N) is 1. The third-order valence-corrected chi connectivity index (χ3v) is 3.40. The van der Waals surface area contributed by atoms with Crippen molar-refractivity contribution in [2.45, 2.75) is 46.0 Å². The van der Waals surface area contributed by atoms with Gasteiger partial charge >= 0.3 is 0 Å². The first-order valence-corrected chi connectivity index (χ1v) is 6.05. The summed E-state index contributed by atoms with van der Waals surface area (Å²) in [5.74, 6) is 1.05. The molecule has 86 valence electrons. The van der Waals surface area contributed by atoms with E-state index in [1.807, 2.05) is 18.9 Å². The van der Waals surface area contributed by atoms with Crippen molar-refractivity contribution in [1.29, 1.82) is 0 Å². The quantitative estimate of drug-likeness (QED) is 0.637. The van der Waals surface area contributed by atoms with Crippen molar-refractivity contribution < 1.29 is 4.79 Å². The molecule has 1 aliphatic rings. The topological polar surface area (TPSA) is 20.3 Å². The van der Waals surface area contributed by atoms with Gasteiger partial charge in [0.15, 0.2) is 0 Å². The van der Waals surface area contributed by atoms with Gasteiger partial charge in [0, 0.05) is 20.0 Å². The van der Waals surface area contributed by atoms with Crippen LogP contribution >= 0.6 is 0 Å². The standard InChI is InChI=1S/C13H23NO/c1-4-13(15)14(3)10-6-9-12-8-5-7-11(12)2/h7,12H,4-6,8-10H2,1-3H3. The number of hydrogen-bond acceptors (Lipinski definition) is 1. The van der Waals surface area contributed by atoms with Crippen LogP contribution in [0.3, 0.4) is 0 Å². The van der Waals surface area contributed by atoms with Crippen LogP contribution in [-0.4, -0.2) is 24.4 Å². The Morgan fingerprint density at radius 3 is 2.87 bits per heavy atom. The third kappa shape index (κ3) is 3.69. The van der Waals surface area contributed by atoms with Gasteiger partial charge in [-0.1, -0.05) is 18.6 Å². The van der Waals surface area contributed by atoms with E-state index in [4.69, 9.17) is 0 Å². The van der Waals surface area contributed by atoms with E-state index in [-0.39, 0.29) is 5.91 Å². The molecule has 0 radical (unpaired) electrons. The second-order valence-corrected chi connectivity index (χ2v) is 4.53. The molecular weight excluding hydrogens is 186 g/mol. The van der Waals surface area contributed by atoms with E-state index in [2.05, 4.69) is 13.0 Å². The smallest absolute Gasteiger partial charge is 0.222 e. The highest BCUT2D eigenvalue weighted by molar-refractivity contribution is 5.75. The zero-order valence-electron chi connectivity index (χ0n) is 10.3. The first-order chi connectivity index (χ1) is 7.15. The number of carbonyl (C=O) groups is 1. The van der Waals surface area contributed by atoms with E-state index in [0.29, 0.717) is 6.42 Å². The van der Waals surface area contributed by atoms with Crippen LogP contribution in [0.4, 0.5) is 0 Å². The lowest BCUT2D eigenvalue weighted by molar-refractivity contribution is -0.129. The monoisotopic (exact) mass is 209 g/mol. The first-order valence-electron chi connectivity index (χ1n) is 6.05. The van der Waals surface area contributed by atoms with E-state index in [0.717, 1.165) is 18.9 Å². The first kappa shape index (κ1) is 12.3. The summed E-state index contributed by atoms with van der Waals surface area (Å²) < 4.78 is 0. The summed E-state index contributed by atoms with van der Waals surface area (Å²) in [6.07, 6.45) is 7.92. The van der Waals surface area contributed by atoms with Gasteiger partial charge in [-0.15, -0.1) is 0 Å². The van der Waals surface area contributed by atoms with Crippen LogP contribution < -0.4 is 0 Å². The molecule has 0 spiro atoms. The molecule has 0 bridgehead atoms. The van der Waals surface area contributed by atoms with Crippen molar-refractivity contribution >= 4 is 5.91 Å². The molecule has 2 heteroatoms. The zero-order valence-corrected chi connectivity index (χ0v) is 10.3. The Morgan fingerprint density at radius 2 is 2.33 bits per heavy atom. The van der Waals surface area contributed by atoms with Gasteiger partial charge < -0.3 is 4.90 Å². The van der Waals surface area contributed by atoms with Gasteiger partial charge in [0.05, 0.1) is 0 Å². The molecule has 0 aromatic heterocycles. The molecule has 15 heavy (non-hydrogen) atoms. The third-order valence-electron chi connectivity index (χ3n) is 3.40. The molecule has 0 fully saturated rings. The Kier molecular flexibility index (Phi) is 4.86. The van der Waals surface area contributed by atoms with Gasteiger partial charge in [0.25, 0.3) is 0 Å². The molecule has 0 aromatic carbocycles. The molecule has 0 aromatic rings. The van der Waals surface area contributed by atoms with Crippen LogP contribution in [0.15, 0.2) is 11.6 Å². The van der Waals surface area contributed by atoms with Crippen LogP contribution in [0.25, 0.3) is 0 Å². The minimum atomic E-state index is 0.258. The predicted molar refractivity (Wildman–Crippen MR) is 63.6 cm³/mol. The van der Waals surface area contributed by atoms with Gasteiger partial charge in [-0.25, -0.2) is 0 Å². The maximum atomic E-state index is 11.3. The molecule has 1 unspecified atom stereocenters. The van der Waals surface area contributed by atoms with Crippen molar-refractivity contribution in [3.05, 3.63) is 11.6 Å². The fourth-order valence-corrected chi connectivity index (χ4v) is 2.25. The van der Waals surface area contributed by atoms with E-state index >= 15 is 0 Å². The number of hydrogen-bond donors (Lipinski definition) is 0. The zero-order chi connectivity index (χ0) is 11.3. The summed E-state index contributed by atoms with van der Waals surface area (Å²) >= 11 is 0. The summed E-state index contributed by atoms with van der Waals surface area (Å²) in [5, 5.41) is 0. The molecule has 1 amide bonds. The van der Waals surface area contributed by atoms with Gasteiger partial charge in [-0.2, -0.15) is 0 Å². The van der Waals surface area contributed by atoms with Gasteiger partial charge in [-0.05, 0) is 38.5 Å². The Labute approximate surface area is 93.3 Å². The number of amides is 1. The maximum Gasteiger partial charge on any atom is 0.222 e. The minimum absolute atomic E-state index is 0.258. The molecular formula is C13H23NO. The summed E-state index contributed by atoms with van der Waals surface area (Å²) in [5.41, 5.74) is 1.56. The molecule has 1 aliphatic carbocycles. The number of allylic oxidation sites excluding steroid dienone is 2. The van der Waals surface area contributed by atoms with Crippen molar-refractivity contribution in [2.24, 2.45) is 5.92 Å². The number of rotatable bonds is 5. The molecule has 1 atom stereocenters. The Morgan fingerprint density at radius 1 is 1.60 bits per heavy atom. The van der Waals surface area contributed by atoms with Gasteiger partial charge in [0.1, 0.15) is 0 Å². The van der Waals surface area contributed by atoms with Crippen LogP contribution in [0.2, 0.25) is 0 Å². The molecule has 0 saturated heterocycles. The van der Waals surface area contributed by atoms with Crippen LogP contribution in [-0.2, 0) is 4.79 Å². The van der Waals surface area contributed by atoms with Crippen molar-refractivity contribution in [3.8, 4) is 0 Å². The second-order valence-electron chi connectivity index (χ2n) is 4.53. The summed E-state index contributed by atoms with van der Waals surface area (Å²) in [4.78, 5) is 13.2. The summed E-state index contributed by atoms with van der Waals surface area (Å²) in [6.45, 7) is 5.07. The normalized spacial score (nSPS) is 20.2. The second kappa shape index (κ2) is 5.94. The fraction of sp³-hybridized carbons (Fsp3) is 0.769. The number of carbonyl (C=O) groups excluding carboxylic acids is 1. The van der Waals surface area contributed by atoms with E-state index in [9.17, 15) is 4.79 Å². The molecule has 1 rings (SSSR count). The van der Waals surface area contributed by atoms with Crippen LogP contribution in [0, 0.1) is 5.92 Å². The van der Waals surface area contributed by atoms with E-state index < -0.39 is 0 Å². The fourth-order valence-electron chi connectivity index (χ4n) is 2.25. The van der Waals surface area contributed by atoms with Crippen molar-refractivity contribution in [1.82, 2.24) is 4.90 Å². The lowest BCUT2D eigenvalue weighted by Crippen LogP contribution is -2.27. The largest absolute Gasteiger partial charge is 0.346 e. The lowest BCUT2D eigenvalue weighted by Gasteiger charge is -2.18. The molecule has 2 nitrogen and oxygen atoms in total.